The van der Waals surface area contributed by atoms with Gasteiger partial charge >= 0.3 is 0 Å². The van der Waals surface area contributed by atoms with Gasteiger partial charge in [0.15, 0.2) is 0 Å². The van der Waals surface area contributed by atoms with E-state index in [1.54, 1.807) is 0 Å². The summed E-state index contributed by atoms with van der Waals surface area (Å²) in [7, 11) is 1.94. The third-order valence-electron chi connectivity index (χ3n) is 3.86. The summed E-state index contributed by atoms with van der Waals surface area (Å²) in [5, 5.41) is 2.93. The topological polar surface area (TPSA) is 58.1 Å². The highest BCUT2D eigenvalue weighted by Gasteiger charge is 2.11. The molecule has 0 bridgehead atoms. The number of benzene rings is 2. The van der Waals surface area contributed by atoms with E-state index in [1.807, 2.05) is 30.1 Å². The minimum absolute atomic E-state index is 0.0526. The first-order chi connectivity index (χ1) is 11.7. The summed E-state index contributed by atoms with van der Waals surface area (Å²) in [5.41, 5.74) is 4.79. The van der Waals surface area contributed by atoms with Crippen molar-refractivity contribution in [2.45, 2.75) is 19.9 Å². The molecular formula is C18H20N4OS. The Kier molecular flexibility index (Phi) is 5.17. The number of nitrogens with zero attached hydrogens (tertiary/aromatic N) is 3. The van der Waals surface area contributed by atoms with Crippen LogP contribution in [0.3, 0.4) is 0 Å². The van der Waals surface area contributed by atoms with Crippen molar-refractivity contribution in [1.82, 2.24) is 13.6 Å². The van der Waals surface area contributed by atoms with E-state index in [0.717, 1.165) is 35.7 Å². The lowest BCUT2D eigenvalue weighted by Gasteiger charge is -2.16. The maximum absolute atomic E-state index is 12.3. The first-order valence-corrected chi connectivity index (χ1v) is 8.66. The van der Waals surface area contributed by atoms with Crippen molar-refractivity contribution in [2.24, 2.45) is 0 Å². The zero-order valence-corrected chi connectivity index (χ0v) is 14.6. The fourth-order valence-electron chi connectivity index (χ4n) is 2.59. The number of aromatic nitrogens is 2. The van der Waals surface area contributed by atoms with Crippen LogP contribution in [0.4, 0.5) is 5.69 Å². The van der Waals surface area contributed by atoms with Crippen molar-refractivity contribution in [3.63, 3.8) is 0 Å². The van der Waals surface area contributed by atoms with Gasteiger partial charge in [-0.05, 0) is 36.7 Å². The molecule has 1 amide bonds. The van der Waals surface area contributed by atoms with Crippen LogP contribution in [-0.4, -0.2) is 33.1 Å². The highest BCUT2D eigenvalue weighted by Crippen LogP contribution is 2.21. The lowest BCUT2D eigenvalue weighted by molar-refractivity contribution is -0.117. The lowest BCUT2D eigenvalue weighted by atomic mass is 10.1. The molecule has 6 heteroatoms. The molecule has 0 saturated heterocycles. The minimum atomic E-state index is -0.0526. The Bertz CT molecular complexity index is 828. The smallest absolute Gasteiger partial charge is 0.238 e. The summed E-state index contributed by atoms with van der Waals surface area (Å²) in [6.45, 7) is 3.20. The maximum Gasteiger partial charge on any atom is 0.238 e. The number of carbonyl (C=O) groups is 1. The number of carbonyl (C=O) groups excluding carboxylic acids is 1. The molecule has 0 aliphatic carbocycles. The van der Waals surface area contributed by atoms with Crippen molar-refractivity contribution in [1.29, 1.82) is 0 Å². The van der Waals surface area contributed by atoms with Crippen molar-refractivity contribution < 1.29 is 4.79 Å². The summed E-state index contributed by atoms with van der Waals surface area (Å²) in [6.07, 6.45) is 1.04. The number of likely N-dealkylation sites (N-methyl/N-ethyl adjacent to an activating group) is 1. The number of amides is 1. The molecule has 3 aromatic rings. The molecule has 1 N–H and O–H groups in total. The van der Waals surface area contributed by atoms with Gasteiger partial charge in [-0.2, -0.15) is 8.75 Å². The van der Waals surface area contributed by atoms with Gasteiger partial charge in [0.25, 0.3) is 0 Å². The molecule has 0 unspecified atom stereocenters. The standard InChI is InChI=1S/C18H20N4OS/c1-3-13-7-9-14(10-8-13)11-22(2)12-17(23)19-15-5-4-6-16-18(15)21-24-20-16/h4-10H,3,11-12H2,1-2H3,(H,19,23). The molecule has 24 heavy (non-hydrogen) atoms. The van der Waals surface area contributed by atoms with Crippen LogP contribution in [0, 0.1) is 0 Å². The van der Waals surface area contributed by atoms with E-state index in [1.165, 1.54) is 11.1 Å². The second kappa shape index (κ2) is 7.51. The Morgan fingerprint density at radius 1 is 1.12 bits per heavy atom. The van der Waals surface area contributed by atoms with Gasteiger partial charge in [0.2, 0.25) is 5.91 Å². The van der Waals surface area contributed by atoms with Crippen LogP contribution in [0.5, 0.6) is 0 Å². The third-order valence-corrected chi connectivity index (χ3v) is 4.40. The summed E-state index contributed by atoms with van der Waals surface area (Å²) in [4.78, 5) is 14.3. The van der Waals surface area contributed by atoms with E-state index < -0.39 is 0 Å². The SMILES string of the molecule is CCc1ccc(CN(C)CC(=O)Nc2cccc3nsnc23)cc1. The molecular weight excluding hydrogens is 320 g/mol. The molecule has 0 saturated carbocycles. The van der Waals surface area contributed by atoms with Crippen LogP contribution in [-0.2, 0) is 17.8 Å². The first-order valence-electron chi connectivity index (χ1n) is 7.93. The number of nitrogens with one attached hydrogen (secondary N) is 1. The molecule has 0 atom stereocenters. The number of fused-ring (bicyclic) bond motifs is 1. The second-order valence-corrected chi connectivity index (χ2v) is 6.36. The molecule has 3 rings (SSSR count). The van der Waals surface area contributed by atoms with Gasteiger partial charge in [-0.3, -0.25) is 9.69 Å². The van der Waals surface area contributed by atoms with Gasteiger partial charge in [0.05, 0.1) is 24.0 Å². The molecule has 1 aromatic heterocycles. The zero-order chi connectivity index (χ0) is 16.9. The van der Waals surface area contributed by atoms with Crippen molar-refractivity contribution >= 4 is 34.4 Å². The van der Waals surface area contributed by atoms with E-state index in [2.05, 4.69) is 45.3 Å². The van der Waals surface area contributed by atoms with Crippen molar-refractivity contribution in [2.75, 3.05) is 18.9 Å². The number of rotatable bonds is 6. The lowest BCUT2D eigenvalue weighted by Crippen LogP contribution is -2.29. The zero-order valence-electron chi connectivity index (χ0n) is 13.8. The van der Waals surface area contributed by atoms with Gasteiger partial charge in [-0.1, -0.05) is 37.3 Å². The normalized spacial score (nSPS) is 11.1. The Morgan fingerprint density at radius 2 is 1.88 bits per heavy atom. The van der Waals surface area contributed by atoms with Gasteiger partial charge in [0, 0.05) is 6.54 Å². The van der Waals surface area contributed by atoms with Crippen molar-refractivity contribution in [3.8, 4) is 0 Å². The van der Waals surface area contributed by atoms with Gasteiger partial charge in [-0.15, -0.1) is 0 Å². The second-order valence-electron chi connectivity index (χ2n) is 5.83. The third kappa shape index (κ3) is 3.96. The predicted molar refractivity (Wildman–Crippen MR) is 98.2 cm³/mol. The molecule has 5 nitrogen and oxygen atoms in total. The molecule has 0 aliphatic heterocycles. The van der Waals surface area contributed by atoms with E-state index in [4.69, 9.17) is 0 Å². The average Bonchev–Trinajstić information content (AvgIpc) is 3.05. The molecule has 0 spiro atoms. The highest BCUT2D eigenvalue weighted by atomic mass is 32.1. The van der Waals surface area contributed by atoms with Crippen LogP contribution in [0.15, 0.2) is 42.5 Å². The Labute approximate surface area is 145 Å². The molecule has 124 valence electrons. The largest absolute Gasteiger partial charge is 0.323 e. The Balaban J connectivity index is 1.58. The minimum Gasteiger partial charge on any atom is -0.323 e. The molecule has 0 fully saturated rings. The van der Waals surface area contributed by atoms with Crippen LogP contribution in [0.1, 0.15) is 18.1 Å². The fourth-order valence-corrected chi connectivity index (χ4v) is 3.14. The number of hydrogen-bond donors (Lipinski definition) is 1. The van der Waals surface area contributed by atoms with Gasteiger partial charge in [-0.25, -0.2) is 0 Å². The summed E-state index contributed by atoms with van der Waals surface area (Å²) in [5.74, 6) is -0.0526. The molecule has 0 radical (unpaired) electrons. The van der Waals surface area contributed by atoms with E-state index in [9.17, 15) is 4.79 Å². The summed E-state index contributed by atoms with van der Waals surface area (Å²) < 4.78 is 8.42. The Morgan fingerprint density at radius 3 is 2.62 bits per heavy atom. The predicted octanol–water partition coefficient (Wildman–Crippen LogP) is 3.32. The van der Waals surface area contributed by atoms with Crippen LogP contribution >= 0.6 is 11.7 Å². The van der Waals surface area contributed by atoms with Gasteiger partial charge in [0.1, 0.15) is 11.0 Å². The quantitative estimate of drug-likeness (QED) is 0.748. The molecule has 1 heterocycles. The van der Waals surface area contributed by atoms with Crippen LogP contribution in [0.2, 0.25) is 0 Å². The monoisotopic (exact) mass is 340 g/mol. The summed E-state index contributed by atoms with van der Waals surface area (Å²) in [6, 6.07) is 14.1. The molecule has 2 aromatic carbocycles. The number of anilines is 1. The van der Waals surface area contributed by atoms with Crippen molar-refractivity contribution in [3.05, 3.63) is 53.6 Å². The number of aryl methyl sites for hydroxylation is 1. The Hall–Kier alpha value is -2.31. The van der Waals surface area contributed by atoms with Crippen LogP contribution in [0.25, 0.3) is 11.0 Å². The maximum atomic E-state index is 12.3. The van der Waals surface area contributed by atoms with E-state index >= 15 is 0 Å². The molecule has 0 aliphatic rings. The van der Waals surface area contributed by atoms with Gasteiger partial charge < -0.3 is 5.32 Å². The summed E-state index contributed by atoms with van der Waals surface area (Å²) >= 11 is 1.15. The fraction of sp³-hybridized carbons (Fsp3) is 0.278. The van der Waals surface area contributed by atoms with Crippen LogP contribution < -0.4 is 5.32 Å². The highest BCUT2D eigenvalue weighted by molar-refractivity contribution is 7.00. The number of hydrogen-bond acceptors (Lipinski definition) is 5. The van der Waals surface area contributed by atoms with E-state index in [-0.39, 0.29) is 5.91 Å². The average molecular weight is 340 g/mol. The van der Waals surface area contributed by atoms with E-state index in [0.29, 0.717) is 12.2 Å². The first kappa shape index (κ1) is 16.5.